The van der Waals surface area contributed by atoms with Gasteiger partial charge in [-0.1, -0.05) is 18.5 Å². The highest BCUT2D eigenvalue weighted by Crippen LogP contribution is 2.28. The van der Waals surface area contributed by atoms with E-state index in [1.165, 1.54) is 17.4 Å². The molecule has 0 saturated heterocycles. The van der Waals surface area contributed by atoms with Crippen LogP contribution in [-0.4, -0.2) is 4.98 Å². The van der Waals surface area contributed by atoms with Crippen LogP contribution in [0.25, 0.3) is 10.2 Å². The normalized spacial score (nSPS) is 11.0. The number of thiazole rings is 1. The minimum Gasteiger partial charge on any atom is -0.241 e. The van der Waals surface area contributed by atoms with Gasteiger partial charge >= 0.3 is 0 Å². The van der Waals surface area contributed by atoms with Crippen molar-refractivity contribution in [3.8, 4) is 0 Å². The zero-order valence-corrected chi connectivity index (χ0v) is 8.55. The lowest BCUT2D eigenvalue weighted by atomic mass is 10.3. The Bertz CT molecular complexity index is 452. The molecule has 0 N–H and O–H groups in total. The van der Waals surface area contributed by atoms with E-state index in [4.69, 9.17) is 11.6 Å². The molecule has 1 nitrogen and oxygen atoms in total. The van der Waals surface area contributed by atoms with Crippen molar-refractivity contribution in [3.05, 3.63) is 28.0 Å². The Hall–Kier alpha value is -0.670. The quantitative estimate of drug-likeness (QED) is 0.708. The van der Waals surface area contributed by atoms with Crippen LogP contribution in [0.3, 0.4) is 0 Å². The first kappa shape index (κ1) is 8.91. The third kappa shape index (κ3) is 1.54. The second-order valence-electron chi connectivity index (χ2n) is 2.70. The first-order chi connectivity index (χ1) is 6.20. The molecular weight excluding hydrogens is 209 g/mol. The first-order valence-electron chi connectivity index (χ1n) is 3.95. The fourth-order valence-electron chi connectivity index (χ4n) is 1.16. The van der Waals surface area contributed by atoms with Gasteiger partial charge in [0.05, 0.1) is 15.2 Å². The molecule has 0 aliphatic rings. The van der Waals surface area contributed by atoms with Gasteiger partial charge in [0.1, 0.15) is 5.82 Å². The molecule has 0 spiro atoms. The lowest BCUT2D eigenvalue weighted by Gasteiger charge is -1.91. The zero-order chi connectivity index (χ0) is 9.42. The van der Waals surface area contributed by atoms with Gasteiger partial charge in [-0.05, 0) is 18.6 Å². The molecule has 0 bridgehead atoms. The lowest BCUT2D eigenvalue weighted by molar-refractivity contribution is 0.641. The van der Waals surface area contributed by atoms with Crippen LogP contribution in [0.1, 0.15) is 11.9 Å². The van der Waals surface area contributed by atoms with E-state index in [1.54, 1.807) is 6.07 Å². The van der Waals surface area contributed by atoms with Crippen LogP contribution in [0, 0.1) is 5.82 Å². The summed E-state index contributed by atoms with van der Waals surface area (Å²) in [6.07, 6.45) is 0.830. The Morgan fingerprint density at radius 2 is 2.31 bits per heavy atom. The second kappa shape index (κ2) is 3.24. The van der Waals surface area contributed by atoms with E-state index in [9.17, 15) is 4.39 Å². The van der Waals surface area contributed by atoms with Crippen molar-refractivity contribution >= 4 is 33.2 Å². The Morgan fingerprint density at radius 1 is 1.54 bits per heavy atom. The smallest absolute Gasteiger partial charge is 0.144 e. The molecule has 1 heterocycles. The van der Waals surface area contributed by atoms with E-state index in [0.29, 0.717) is 15.2 Å². The van der Waals surface area contributed by atoms with Gasteiger partial charge in [-0.3, -0.25) is 0 Å². The summed E-state index contributed by atoms with van der Waals surface area (Å²) in [4.78, 5) is 4.25. The van der Waals surface area contributed by atoms with E-state index in [1.807, 2.05) is 6.92 Å². The van der Waals surface area contributed by atoms with Crippen LogP contribution in [0.2, 0.25) is 5.02 Å². The summed E-state index contributed by atoms with van der Waals surface area (Å²) < 4.78 is 13.9. The highest BCUT2D eigenvalue weighted by atomic mass is 35.5. The van der Waals surface area contributed by atoms with E-state index in [2.05, 4.69) is 4.98 Å². The Labute approximate surface area is 84.2 Å². The molecule has 1 aromatic carbocycles. The third-order valence-electron chi connectivity index (χ3n) is 1.76. The summed E-state index contributed by atoms with van der Waals surface area (Å²) in [6.45, 7) is 2.00. The molecule has 0 amide bonds. The maximum atomic E-state index is 13.3. The molecule has 0 aliphatic heterocycles. The van der Waals surface area contributed by atoms with Crippen LogP contribution in [0.4, 0.5) is 4.39 Å². The van der Waals surface area contributed by atoms with Gasteiger partial charge in [0.25, 0.3) is 0 Å². The fourth-order valence-corrected chi connectivity index (χ4v) is 2.25. The van der Waals surface area contributed by atoms with Crippen molar-refractivity contribution in [2.75, 3.05) is 0 Å². The van der Waals surface area contributed by atoms with E-state index >= 15 is 0 Å². The van der Waals surface area contributed by atoms with Gasteiger partial charge in [0, 0.05) is 5.02 Å². The van der Waals surface area contributed by atoms with Gasteiger partial charge in [-0.2, -0.15) is 0 Å². The lowest BCUT2D eigenvalue weighted by Crippen LogP contribution is -1.76. The van der Waals surface area contributed by atoms with Gasteiger partial charge in [0.2, 0.25) is 0 Å². The summed E-state index contributed by atoms with van der Waals surface area (Å²) in [6, 6.07) is 3.01. The molecule has 0 unspecified atom stereocenters. The molecule has 13 heavy (non-hydrogen) atoms. The number of nitrogens with zero attached hydrogens (tertiary/aromatic N) is 1. The highest BCUT2D eigenvalue weighted by molar-refractivity contribution is 7.18. The predicted molar refractivity (Wildman–Crippen MR) is 54.0 cm³/mol. The maximum Gasteiger partial charge on any atom is 0.144 e. The number of hydrogen-bond donors (Lipinski definition) is 0. The summed E-state index contributed by atoms with van der Waals surface area (Å²) >= 11 is 7.09. The number of halogens is 2. The summed E-state index contributed by atoms with van der Waals surface area (Å²) in [5, 5.41) is 1.34. The van der Waals surface area contributed by atoms with Gasteiger partial charge in [-0.15, -0.1) is 11.3 Å². The van der Waals surface area contributed by atoms with Crippen LogP contribution in [-0.2, 0) is 6.42 Å². The van der Waals surface area contributed by atoms with Crippen LogP contribution >= 0.6 is 22.9 Å². The van der Waals surface area contributed by atoms with Gasteiger partial charge in [-0.25, -0.2) is 9.37 Å². The minimum atomic E-state index is -0.278. The third-order valence-corrected chi connectivity index (χ3v) is 3.20. The van der Waals surface area contributed by atoms with Gasteiger partial charge < -0.3 is 0 Å². The second-order valence-corrected chi connectivity index (χ2v) is 4.22. The number of rotatable bonds is 1. The molecule has 0 fully saturated rings. The van der Waals surface area contributed by atoms with Crippen molar-refractivity contribution in [2.45, 2.75) is 13.3 Å². The standard InChI is InChI=1S/C9H7ClFNS/c1-2-8-12-7-4-5(10)3-6(11)9(7)13-8/h3-4H,2H2,1H3. The van der Waals surface area contributed by atoms with Crippen LogP contribution in [0.5, 0.6) is 0 Å². The Kier molecular flexibility index (Phi) is 2.22. The SMILES string of the molecule is CCc1nc2cc(Cl)cc(F)c2s1. The highest BCUT2D eigenvalue weighted by Gasteiger charge is 2.08. The summed E-state index contributed by atoms with van der Waals surface area (Å²) in [7, 11) is 0. The van der Waals surface area contributed by atoms with Crippen LogP contribution in [0.15, 0.2) is 12.1 Å². The topological polar surface area (TPSA) is 12.9 Å². The molecule has 2 rings (SSSR count). The molecule has 2 aromatic rings. The van der Waals surface area contributed by atoms with Crippen molar-refractivity contribution < 1.29 is 4.39 Å². The van der Waals surface area contributed by atoms with E-state index < -0.39 is 0 Å². The number of aryl methyl sites for hydroxylation is 1. The molecule has 4 heteroatoms. The van der Waals surface area contributed by atoms with Gasteiger partial charge in [0.15, 0.2) is 0 Å². The summed E-state index contributed by atoms with van der Waals surface area (Å²) in [5.41, 5.74) is 0.659. The molecular formula is C9H7ClFNS. The van der Waals surface area contributed by atoms with Crippen molar-refractivity contribution in [3.63, 3.8) is 0 Å². The molecule has 0 aliphatic carbocycles. The van der Waals surface area contributed by atoms with E-state index in [0.717, 1.165) is 11.4 Å². The number of benzene rings is 1. The first-order valence-corrected chi connectivity index (χ1v) is 5.14. The number of fused-ring (bicyclic) bond motifs is 1. The Balaban J connectivity index is 2.75. The monoisotopic (exact) mass is 215 g/mol. The van der Waals surface area contributed by atoms with E-state index in [-0.39, 0.29) is 5.82 Å². The fraction of sp³-hybridized carbons (Fsp3) is 0.222. The number of hydrogen-bond acceptors (Lipinski definition) is 2. The maximum absolute atomic E-state index is 13.3. The zero-order valence-electron chi connectivity index (χ0n) is 6.97. The number of aromatic nitrogens is 1. The van der Waals surface area contributed by atoms with Crippen LogP contribution < -0.4 is 0 Å². The molecule has 68 valence electrons. The van der Waals surface area contributed by atoms with Crippen molar-refractivity contribution in [1.82, 2.24) is 4.98 Å². The predicted octanol–water partition coefficient (Wildman–Crippen LogP) is 3.65. The average molecular weight is 216 g/mol. The summed E-state index contributed by atoms with van der Waals surface area (Å²) in [5.74, 6) is -0.278. The average Bonchev–Trinajstić information content (AvgIpc) is 2.47. The minimum absolute atomic E-state index is 0.278. The van der Waals surface area contributed by atoms with Crippen molar-refractivity contribution in [2.24, 2.45) is 0 Å². The Morgan fingerprint density at radius 3 is 3.00 bits per heavy atom. The molecule has 0 atom stereocenters. The largest absolute Gasteiger partial charge is 0.241 e. The molecule has 0 saturated carbocycles. The van der Waals surface area contributed by atoms with Crippen molar-refractivity contribution in [1.29, 1.82) is 0 Å². The molecule has 1 aromatic heterocycles. The molecule has 0 radical (unpaired) electrons.